The zero-order valence-corrected chi connectivity index (χ0v) is 46.6. The lowest BCUT2D eigenvalue weighted by atomic mass is 9.93. The summed E-state index contributed by atoms with van der Waals surface area (Å²) in [5.74, 6) is 0. The molecule has 0 aliphatic carbocycles. The van der Waals surface area contributed by atoms with Crippen LogP contribution in [0.15, 0.2) is 176 Å². The summed E-state index contributed by atoms with van der Waals surface area (Å²) in [5.41, 5.74) is 3.61. The second-order valence-electron chi connectivity index (χ2n) is 22.1. The van der Waals surface area contributed by atoms with Crippen molar-refractivity contribution in [1.82, 2.24) is 9.13 Å². The Bertz CT molecular complexity index is 4450. The van der Waals surface area contributed by atoms with Crippen molar-refractivity contribution in [3.05, 3.63) is 237 Å². The van der Waals surface area contributed by atoms with E-state index >= 15 is 0 Å². The number of hydrogen-bond donors (Lipinski definition) is 0. The minimum Gasteiger partial charge on any atom is -0.308 e. The molecule has 10 aromatic carbocycles. The molecule has 432 valence electrons. The van der Waals surface area contributed by atoms with Crippen molar-refractivity contribution in [1.29, 1.82) is 10.5 Å². The molecule has 0 saturated heterocycles. The fraction of sp³-hybridized carbons (Fsp3) is 0.127. The van der Waals surface area contributed by atoms with Crippen LogP contribution in [0.1, 0.15) is 61.2 Å². The molecule has 0 N–H and O–H groups in total. The minimum absolute atomic E-state index is 0.0312. The molecule has 0 bridgehead atoms. The molecular formula is C71H44F12N4. The van der Waals surface area contributed by atoms with Crippen molar-refractivity contribution in [3.8, 4) is 79.1 Å². The van der Waals surface area contributed by atoms with E-state index in [-0.39, 0.29) is 44.8 Å². The molecule has 2 heterocycles. The first-order valence-electron chi connectivity index (χ1n) is 27.1. The van der Waals surface area contributed by atoms with Crippen LogP contribution in [0.4, 0.5) is 52.7 Å². The maximum atomic E-state index is 14.5. The largest absolute Gasteiger partial charge is 0.416 e. The monoisotopic (exact) mass is 1180 g/mol. The Hall–Kier alpha value is -10.1. The Balaban J connectivity index is 1.26. The van der Waals surface area contributed by atoms with Crippen LogP contribution < -0.4 is 0 Å². The highest BCUT2D eigenvalue weighted by atomic mass is 19.4. The number of aryl methyl sites for hydroxylation is 5. The standard InChI is InChI=1S/C71H44F12N4/c1-37-16-48(27-52(20-37)68(72,73)74)44-7-12-57-58-13-8-45(49-17-38(2)21-53(28-49)69(75,76)77)32-62(58)86(61(57)31-44)65-25-43(36-85)26-66(67(65)56-11-6-42(35-84)24-41(56)5)87-63-33-46(50-18-39(3)22-54(29-50)70(78,79)80)9-14-59(63)60-15-10-47(34-64(60)87)51-19-40(4)23-55(30-51)71(81,82)83/h6-34H,1-5H3. The van der Waals surface area contributed by atoms with E-state index in [4.69, 9.17) is 0 Å². The molecule has 0 atom stereocenters. The molecule has 16 heteroatoms. The van der Waals surface area contributed by atoms with Crippen molar-refractivity contribution < 1.29 is 52.7 Å². The number of nitrogens with zero attached hydrogens (tertiary/aromatic N) is 4. The van der Waals surface area contributed by atoms with Gasteiger partial charge in [-0.25, -0.2) is 0 Å². The van der Waals surface area contributed by atoms with Crippen LogP contribution in [-0.4, -0.2) is 9.13 Å². The molecule has 0 radical (unpaired) electrons. The third-order valence-electron chi connectivity index (χ3n) is 15.8. The van der Waals surface area contributed by atoms with E-state index in [2.05, 4.69) is 12.1 Å². The Kier molecular flexibility index (Phi) is 13.6. The van der Waals surface area contributed by atoms with Crippen LogP contribution in [0.5, 0.6) is 0 Å². The van der Waals surface area contributed by atoms with Crippen LogP contribution >= 0.6 is 0 Å². The smallest absolute Gasteiger partial charge is 0.308 e. The van der Waals surface area contributed by atoms with Crippen molar-refractivity contribution in [3.63, 3.8) is 0 Å². The predicted molar refractivity (Wildman–Crippen MR) is 315 cm³/mol. The zero-order valence-electron chi connectivity index (χ0n) is 46.6. The lowest BCUT2D eigenvalue weighted by molar-refractivity contribution is -0.138. The number of rotatable bonds is 7. The molecule has 0 aliphatic heterocycles. The molecule has 0 aliphatic rings. The minimum atomic E-state index is -4.72. The van der Waals surface area contributed by atoms with Gasteiger partial charge < -0.3 is 9.13 Å². The average Bonchev–Trinajstić information content (AvgIpc) is 1.66. The lowest BCUT2D eigenvalue weighted by Crippen LogP contribution is -2.07. The van der Waals surface area contributed by atoms with Gasteiger partial charge in [0.1, 0.15) is 0 Å². The number of aromatic nitrogens is 2. The average molecular weight is 1180 g/mol. The molecule has 4 nitrogen and oxygen atoms in total. The quantitative estimate of drug-likeness (QED) is 0.149. The number of halogens is 12. The summed E-state index contributed by atoms with van der Waals surface area (Å²) in [6.07, 6.45) is -18.9. The second kappa shape index (κ2) is 20.6. The first kappa shape index (κ1) is 57.4. The Labute approximate surface area is 489 Å². The summed E-state index contributed by atoms with van der Waals surface area (Å²) in [6.45, 7) is 7.90. The number of hydrogen-bond acceptors (Lipinski definition) is 2. The molecule has 0 unspecified atom stereocenters. The van der Waals surface area contributed by atoms with Crippen LogP contribution in [-0.2, 0) is 24.7 Å². The molecule has 0 saturated carbocycles. The van der Waals surface area contributed by atoms with Gasteiger partial charge in [0.15, 0.2) is 0 Å². The summed E-state index contributed by atoms with van der Waals surface area (Å²) < 4.78 is 178. The van der Waals surface area contributed by atoms with Gasteiger partial charge in [0.25, 0.3) is 0 Å². The number of fused-ring (bicyclic) bond motifs is 6. The highest BCUT2D eigenvalue weighted by Gasteiger charge is 2.35. The molecule has 12 aromatic rings. The van der Waals surface area contributed by atoms with Crippen LogP contribution in [0.2, 0.25) is 0 Å². The van der Waals surface area contributed by atoms with Crippen molar-refractivity contribution >= 4 is 43.6 Å². The van der Waals surface area contributed by atoms with Gasteiger partial charge in [-0.05, 0) is 210 Å². The van der Waals surface area contributed by atoms with E-state index in [1.807, 2.05) is 0 Å². The fourth-order valence-corrected chi connectivity index (χ4v) is 12.0. The molecule has 87 heavy (non-hydrogen) atoms. The lowest BCUT2D eigenvalue weighted by Gasteiger charge is -2.22. The Morgan fingerprint density at radius 1 is 0.299 bits per heavy atom. The predicted octanol–water partition coefficient (Wildman–Crippen LogP) is 21.6. The van der Waals surface area contributed by atoms with Gasteiger partial charge in [-0.1, -0.05) is 78.9 Å². The van der Waals surface area contributed by atoms with E-state index in [1.54, 1.807) is 143 Å². The van der Waals surface area contributed by atoms with Crippen LogP contribution in [0.3, 0.4) is 0 Å². The van der Waals surface area contributed by atoms with Gasteiger partial charge in [0.2, 0.25) is 0 Å². The molecule has 0 amide bonds. The number of nitriles is 2. The maximum absolute atomic E-state index is 14.5. The maximum Gasteiger partial charge on any atom is 0.416 e. The van der Waals surface area contributed by atoms with Gasteiger partial charge in [0, 0.05) is 27.1 Å². The SMILES string of the molecule is Cc1cc(-c2ccc3c4ccc(-c5cc(C)cc(C(F)(F)F)c5)cc4n(-c4cc(C#N)cc(-n5c6cc(-c7cc(C)cc(C(F)(F)F)c7)ccc6c6ccc(-c7cc(C)cc(C(F)(F)F)c7)cc65)c4-c4ccc(C#N)cc4C)c3c2)cc(C(F)(F)F)c1. The molecule has 0 fully saturated rings. The molecule has 2 aromatic heterocycles. The molecule has 0 spiro atoms. The second-order valence-corrected chi connectivity index (χ2v) is 22.1. The van der Waals surface area contributed by atoms with Gasteiger partial charge in [-0.3, -0.25) is 0 Å². The molecule has 12 rings (SSSR count). The van der Waals surface area contributed by atoms with E-state index in [9.17, 15) is 63.2 Å². The first-order valence-corrected chi connectivity index (χ1v) is 27.1. The topological polar surface area (TPSA) is 57.4 Å². The van der Waals surface area contributed by atoms with Crippen molar-refractivity contribution in [2.45, 2.75) is 59.3 Å². The van der Waals surface area contributed by atoms with Crippen LogP contribution in [0.25, 0.3) is 111 Å². The normalized spacial score (nSPS) is 12.4. The summed E-state index contributed by atoms with van der Waals surface area (Å²) >= 11 is 0. The van der Waals surface area contributed by atoms with Gasteiger partial charge >= 0.3 is 24.7 Å². The van der Waals surface area contributed by atoms with Crippen LogP contribution in [0, 0.1) is 57.3 Å². The van der Waals surface area contributed by atoms with Crippen molar-refractivity contribution in [2.75, 3.05) is 0 Å². The van der Waals surface area contributed by atoms with E-state index < -0.39 is 47.0 Å². The zero-order chi connectivity index (χ0) is 62.0. The summed E-state index contributed by atoms with van der Waals surface area (Å²) in [5, 5.41) is 23.7. The fourth-order valence-electron chi connectivity index (χ4n) is 12.0. The van der Waals surface area contributed by atoms with Gasteiger partial charge in [-0.2, -0.15) is 63.2 Å². The van der Waals surface area contributed by atoms with E-state index in [0.29, 0.717) is 105 Å². The Morgan fingerprint density at radius 2 is 0.586 bits per heavy atom. The summed E-state index contributed by atoms with van der Waals surface area (Å²) in [7, 11) is 0. The first-order chi connectivity index (χ1) is 41.0. The third kappa shape index (κ3) is 10.5. The van der Waals surface area contributed by atoms with E-state index in [0.717, 1.165) is 48.5 Å². The van der Waals surface area contributed by atoms with Crippen molar-refractivity contribution in [2.24, 2.45) is 0 Å². The van der Waals surface area contributed by atoms with Gasteiger partial charge in [0.05, 0.1) is 79.0 Å². The third-order valence-corrected chi connectivity index (χ3v) is 15.8. The summed E-state index contributed by atoms with van der Waals surface area (Å²) in [6, 6.07) is 47.6. The number of alkyl halides is 12. The number of benzene rings is 10. The molecular weight excluding hydrogens is 1140 g/mol. The Morgan fingerprint density at radius 3 is 0.839 bits per heavy atom. The van der Waals surface area contributed by atoms with Gasteiger partial charge in [-0.15, -0.1) is 0 Å². The highest BCUT2D eigenvalue weighted by molar-refractivity contribution is 6.14. The summed E-state index contributed by atoms with van der Waals surface area (Å²) in [4.78, 5) is 0. The highest BCUT2D eigenvalue weighted by Crippen LogP contribution is 2.48. The van der Waals surface area contributed by atoms with E-state index in [1.165, 1.54) is 27.7 Å².